The molecule has 1 aliphatic heterocycles. The Balaban J connectivity index is 1.76. The summed E-state index contributed by atoms with van der Waals surface area (Å²) in [6.45, 7) is 4.94. The predicted octanol–water partition coefficient (Wildman–Crippen LogP) is 2.56. The van der Waals surface area contributed by atoms with E-state index >= 15 is 0 Å². The molecule has 2 aliphatic rings. The second-order valence-electron chi connectivity index (χ2n) is 5.05. The molecule has 0 radical (unpaired) electrons. The summed E-state index contributed by atoms with van der Waals surface area (Å²) in [4.78, 5) is 0. The van der Waals surface area contributed by atoms with Gasteiger partial charge in [-0.1, -0.05) is 26.2 Å². The molecule has 2 unspecified atom stereocenters. The molecule has 2 heteroatoms. The Kier molecular flexibility index (Phi) is 3.82. The van der Waals surface area contributed by atoms with Crippen LogP contribution in [-0.4, -0.2) is 24.1 Å². The second-order valence-corrected chi connectivity index (χ2v) is 5.05. The van der Waals surface area contributed by atoms with Crippen LogP contribution in [0.5, 0.6) is 0 Å². The Hall–Kier alpha value is -0.0800. The van der Waals surface area contributed by atoms with Crippen LogP contribution in [0.25, 0.3) is 0 Å². The Labute approximate surface area is 88.0 Å². The van der Waals surface area contributed by atoms with E-state index in [1.165, 1.54) is 58.0 Å². The van der Waals surface area contributed by atoms with Gasteiger partial charge < -0.3 is 0 Å². The Bertz CT molecular complexity index is 164. The lowest BCUT2D eigenvalue weighted by Crippen LogP contribution is -2.50. The number of hydrazine groups is 1. The average Bonchev–Trinajstić information content (AvgIpc) is 2.23. The molecule has 1 aliphatic carbocycles. The molecule has 0 bridgehead atoms. The number of piperidine rings is 1. The van der Waals surface area contributed by atoms with Crippen molar-refractivity contribution in [1.82, 2.24) is 10.4 Å². The van der Waals surface area contributed by atoms with Crippen molar-refractivity contribution in [3.63, 3.8) is 0 Å². The molecule has 2 fully saturated rings. The fourth-order valence-electron chi connectivity index (χ4n) is 2.77. The van der Waals surface area contributed by atoms with Crippen molar-refractivity contribution in [1.29, 1.82) is 0 Å². The molecule has 2 atom stereocenters. The lowest BCUT2D eigenvalue weighted by Gasteiger charge is -2.36. The van der Waals surface area contributed by atoms with Crippen LogP contribution in [0.1, 0.15) is 51.9 Å². The van der Waals surface area contributed by atoms with Gasteiger partial charge in [-0.2, -0.15) is 0 Å². The van der Waals surface area contributed by atoms with Crippen molar-refractivity contribution in [2.75, 3.05) is 13.1 Å². The smallest absolute Gasteiger partial charge is 0.0240 e. The van der Waals surface area contributed by atoms with Crippen molar-refractivity contribution in [2.45, 2.75) is 57.9 Å². The molecule has 0 aromatic heterocycles. The van der Waals surface area contributed by atoms with E-state index in [0.29, 0.717) is 0 Å². The minimum atomic E-state index is 0.766. The maximum absolute atomic E-state index is 3.74. The number of nitrogens with one attached hydrogen (secondary N) is 1. The summed E-state index contributed by atoms with van der Waals surface area (Å²) in [6, 6.07) is 0.766. The molecule has 0 aromatic carbocycles. The summed E-state index contributed by atoms with van der Waals surface area (Å²) in [5.74, 6) is 0.880. The average molecular weight is 196 g/mol. The van der Waals surface area contributed by atoms with Gasteiger partial charge in [0.05, 0.1) is 0 Å². The first-order valence-corrected chi connectivity index (χ1v) is 6.37. The molecule has 2 rings (SSSR count). The van der Waals surface area contributed by atoms with Gasteiger partial charge in [0.2, 0.25) is 0 Å². The lowest BCUT2D eigenvalue weighted by molar-refractivity contribution is 0.0937. The summed E-state index contributed by atoms with van der Waals surface area (Å²) in [5.41, 5.74) is 3.74. The van der Waals surface area contributed by atoms with E-state index in [0.717, 1.165) is 12.0 Å². The molecule has 1 saturated heterocycles. The van der Waals surface area contributed by atoms with Gasteiger partial charge in [-0.15, -0.1) is 0 Å². The third-order valence-corrected chi connectivity index (χ3v) is 3.82. The standard InChI is InChI=1S/C12H24N2/c1-11-7-3-4-8-12(11)13-14-9-5-2-6-10-14/h11-13H,2-10H2,1H3. The van der Waals surface area contributed by atoms with Crippen LogP contribution in [-0.2, 0) is 0 Å². The summed E-state index contributed by atoms with van der Waals surface area (Å²) >= 11 is 0. The Morgan fingerprint density at radius 1 is 0.929 bits per heavy atom. The van der Waals surface area contributed by atoms with E-state index in [1.54, 1.807) is 0 Å². The molecule has 0 amide bonds. The zero-order valence-electron chi connectivity index (χ0n) is 9.47. The van der Waals surface area contributed by atoms with Gasteiger partial charge in [-0.3, -0.25) is 5.43 Å². The van der Waals surface area contributed by atoms with Crippen molar-refractivity contribution in [3.8, 4) is 0 Å². The highest BCUT2D eigenvalue weighted by molar-refractivity contribution is 4.78. The molecule has 0 aromatic rings. The van der Waals surface area contributed by atoms with Gasteiger partial charge in [0.15, 0.2) is 0 Å². The van der Waals surface area contributed by atoms with Crippen molar-refractivity contribution >= 4 is 0 Å². The van der Waals surface area contributed by atoms with Gasteiger partial charge in [0.1, 0.15) is 0 Å². The molecular weight excluding hydrogens is 172 g/mol. The SMILES string of the molecule is CC1CCCCC1NN1CCCCC1. The molecule has 0 spiro atoms. The van der Waals surface area contributed by atoms with Crippen molar-refractivity contribution in [2.24, 2.45) is 5.92 Å². The third-order valence-electron chi connectivity index (χ3n) is 3.82. The molecule has 1 saturated carbocycles. The highest BCUT2D eigenvalue weighted by Crippen LogP contribution is 2.24. The van der Waals surface area contributed by atoms with Gasteiger partial charge in [-0.05, 0) is 31.6 Å². The number of rotatable bonds is 2. The van der Waals surface area contributed by atoms with Gasteiger partial charge in [0.25, 0.3) is 0 Å². The number of hydrogen-bond acceptors (Lipinski definition) is 2. The predicted molar refractivity (Wildman–Crippen MR) is 60.0 cm³/mol. The second kappa shape index (κ2) is 5.13. The zero-order valence-corrected chi connectivity index (χ0v) is 9.47. The van der Waals surface area contributed by atoms with Crippen LogP contribution in [0, 0.1) is 5.92 Å². The summed E-state index contributed by atoms with van der Waals surface area (Å²) < 4.78 is 0. The number of nitrogens with zero attached hydrogens (tertiary/aromatic N) is 1. The highest BCUT2D eigenvalue weighted by Gasteiger charge is 2.23. The minimum Gasteiger partial charge on any atom is -0.252 e. The zero-order chi connectivity index (χ0) is 9.80. The molecule has 82 valence electrons. The minimum absolute atomic E-state index is 0.766. The van der Waals surface area contributed by atoms with E-state index in [1.807, 2.05) is 0 Å². The van der Waals surface area contributed by atoms with Crippen molar-refractivity contribution in [3.05, 3.63) is 0 Å². The topological polar surface area (TPSA) is 15.3 Å². The quantitative estimate of drug-likeness (QED) is 0.730. The highest BCUT2D eigenvalue weighted by atomic mass is 15.5. The lowest BCUT2D eigenvalue weighted by atomic mass is 9.86. The van der Waals surface area contributed by atoms with E-state index in [2.05, 4.69) is 17.4 Å². The summed E-state index contributed by atoms with van der Waals surface area (Å²) in [6.07, 6.45) is 9.87. The summed E-state index contributed by atoms with van der Waals surface area (Å²) in [5, 5.41) is 2.47. The number of hydrogen-bond donors (Lipinski definition) is 1. The van der Waals surface area contributed by atoms with Gasteiger partial charge in [0, 0.05) is 19.1 Å². The largest absolute Gasteiger partial charge is 0.252 e. The molecular formula is C12H24N2. The summed E-state index contributed by atoms with van der Waals surface area (Å²) in [7, 11) is 0. The van der Waals surface area contributed by atoms with E-state index < -0.39 is 0 Å². The van der Waals surface area contributed by atoms with Crippen molar-refractivity contribution < 1.29 is 0 Å². The first-order chi connectivity index (χ1) is 6.86. The van der Waals surface area contributed by atoms with Crippen LogP contribution < -0.4 is 5.43 Å². The maximum atomic E-state index is 3.74. The normalized spacial score (nSPS) is 35.8. The monoisotopic (exact) mass is 196 g/mol. The van der Waals surface area contributed by atoms with Crippen LogP contribution >= 0.6 is 0 Å². The molecule has 14 heavy (non-hydrogen) atoms. The van der Waals surface area contributed by atoms with E-state index in [4.69, 9.17) is 0 Å². The molecule has 2 nitrogen and oxygen atoms in total. The first kappa shape index (κ1) is 10.4. The Morgan fingerprint density at radius 3 is 2.36 bits per heavy atom. The maximum Gasteiger partial charge on any atom is 0.0240 e. The molecule has 1 N–H and O–H groups in total. The van der Waals surface area contributed by atoms with Crippen LogP contribution in [0.3, 0.4) is 0 Å². The van der Waals surface area contributed by atoms with E-state index in [9.17, 15) is 0 Å². The van der Waals surface area contributed by atoms with Gasteiger partial charge in [-0.25, -0.2) is 5.01 Å². The fraction of sp³-hybridized carbons (Fsp3) is 1.00. The van der Waals surface area contributed by atoms with Crippen LogP contribution in [0.2, 0.25) is 0 Å². The molecule has 1 heterocycles. The fourth-order valence-corrected chi connectivity index (χ4v) is 2.77. The van der Waals surface area contributed by atoms with Crippen LogP contribution in [0.4, 0.5) is 0 Å². The third kappa shape index (κ3) is 2.71. The Morgan fingerprint density at radius 2 is 1.64 bits per heavy atom. The van der Waals surface area contributed by atoms with Crippen LogP contribution in [0.15, 0.2) is 0 Å². The van der Waals surface area contributed by atoms with Gasteiger partial charge >= 0.3 is 0 Å². The first-order valence-electron chi connectivity index (χ1n) is 6.37. The van der Waals surface area contributed by atoms with E-state index in [-0.39, 0.29) is 0 Å².